The van der Waals surface area contributed by atoms with Crippen LogP contribution in [0.1, 0.15) is 194 Å². The molecule has 0 saturated carbocycles. The van der Waals surface area contributed by atoms with Crippen molar-refractivity contribution in [3.05, 3.63) is 83.0 Å². The topological polar surface area (TPSA) is 134 Å². The summed E-state index contributed by atoms with van der Waals surface area (Å²) in [4.78, 5) is 61.7. The Morgan fingerprint density at radius 2 is 0.810 bits per heavy atom. The largest absolute Gasteiger partial charge is 0.507 e. The Kier molecular flexibility index (Phi) is 15.0. The zero-order valence-corrected chi connectivity index (χ0v) is 41.3. The highest BCUT2D eigenvalue weighted by Gasteiger charge is 2.55. The summed E-state index contributed by atoms with van der Waals surface area (Å²) in [5.74, 6) is -1.85. The van der Waals surface area contributed by atoms with E-state index < -0.39 is 51.7 Å². The Balaban J connectivity index is 2.03. The number of aromatic hydroxyl groups is 2. The van der Waals surface area contributed by atoms with E-state index in [-0.39, 0.29) is 59.8 Å². The molecular weight excluding hydrogens is 793 g/mol. The van der Waals surface area contributed by atoms with E-state index in [0.29, 0.717) is 59.1 Å². The minimum Gasteiger partial charge on any atom is -0.507 e. The molecule has 2 aliphatic heterocycles. The van der Waals surface area contributed by atoms with Crippen molar-refractivity contribution >= 4 is 23.8 Å². The summed E-state index contributed by atoms with van der Waals surface area (Å²) in [5, 5.41) is 23.0. The molecule has 2 aromatic rings. The summed E-state index contributed by atoms with van der Waals surface area (Å²) in [7, 11) is 0. The maximum atomic E-state index is 15.8. The third-order valence-corrected chi connectivity index (χ3v) is 13.4. The molecule has 0 unspecified atom stereocenters. The Morgan fingerprint density at radius 1 is 0.571 bits per heavy atom. The number of esters is 2. The number of nitrogens with zero attached hydrogens (tertiary/aromatic N) is 2. The predicted molar refractivity (Wildman–Crippen MR) is 251 cm³/mol. The van der Waals surface area contributed by atoms with Gasteiger partial charge >= 0.3 is 11.9 Å². The molecule has 0 aliphatic carbocycles. The molecule has 0 atom stereocenters. The van der Waals surface area contributed by atoms with E-state index in [2.05, 4.69) is 13.2 Å². The van der Waals surface area contributed by atoms with Crippen molar-refractivity contribution < 1.29 is 38.9 Å². The van der Waals surface area contributed by atoms with Crippen LogP contribution in [0.5, 0.6) is 11.5 Å². The lowest BCUT2D eigenvalue weighted by molar-refractivity contribution is -0.188. The number of hydrogen-bond donors (Lipinski definition) is 2. The lowest BCUT2D eigenvalue weighted by Gasteiger charge is -2.55. The van der Waals surface area contributed by atoms with E-state index in [9.17, 15) is 19.8 Å². The molecule has 4 rings (SSSR count). The van der Waals surface area contributed by atoms with Crippen molar-refractivity contribution in [3.8, 4) is 11.5 Å². The minimum absolute atomic E-state index is 0.0732. The second kappa shape index (κ2) is 18.5. The maximum Gasteiger partial charge on any atom is 0.324 e. The van der Waals surface area contributed by atoms with Gasteiger partial charge in [-0.2, -0.15) is 0 Å². The summed E-state index contributed by atoms with van der Waals surface area (Å²) >= 11 is 0. The van der Waals surface area contributed by atoms with Crippen molar-refractivity contribution in [1.29, 1.82) is 0 Å². The lowest BCUT2D eigenvalue weighted by Crippen LogP contribution is -2.64. The van der Waals surface area contributed by atoms with Gasteiger partial charge in [-0.3, -0.25) is 19.2 Å². The summed E-state index contributed by atoms with van der Waals surface area (Å²) in [5.41, 5.74) is -0.780. The van der Waals surface area contributed by atoms with Crippen molar-refractivity contribution in [3.63, 3.8) is 0 Å². The number of piperidine rings is 2. The maximum absolute atomic E-state index is 15.8. The van der Waals surface area contributed by atoms with E-state index in [1.165, 1.54) is 12.2 Å². The number of rotatable bonds is 14. The van der Waals surface area contributed by atoms with Crippen molar-refractivity contribution in [1.82, 2.24) is 9.80 Å². The summed E-state index contributed by atoms with van der Waals surface area (Å²) in [6, 6.07) is 7.53. The first kappa shape index (κ1) is 51.0. The van der Waals surface area contributed by atoms with Crippen LogP contribution in [0.4, 0.5) is 0 Å². The van der Waals surface area contributed by atoms with Gasteiger partial charge in [0.05, 0.1) is 0 Å². The standard InChI is InChI=1S/C53H78N2O8/c1-19-43(56)54-49(11,12)27-37(28-50(54,13)14)62-47(60)53(25-35-21-39(31(3)4)45(58)40(22-35)32(5)6,26-36-23-41(33(7)8)46(59)42(24-36)34(9)10)48(61)63-38-29-51(15,16)55(44(57)20-2)52(17,18)30-38/h19-24,31-34,37-38,58-59H,1-2,25-30H2,3-18H3. The van der Waals surface area contributed by atoms with Gasteiger partial charge in [0.2, 0.25) is 11.8 Å². The van der Waals surface area contributed by atoms with Crippen LogP contribution in [-0.2, 0) is 41.5 Å². The highest BCUT2D eigenvalue weighted by atomic mass is 16.6. The Bertz CT molecular complexity index is 1850. The number of likely N-dealkylation sites (tertiary alicyclic amines) is 2. The number of carbonyl (C=O) groups is 4. The molecule has 2 aliphatic rings. The molecule has 10 nitrogen and oxygen atoms in total. The number of benzene rings is 2. The molecule has 0 spiro atoms. The third kappa shape index (κ3) is 10.5. The molecule has 2 amide bonds. The fraction of sp³-hybridized carbons (Fsp3) is 0.623. The Morgan fingerprint density at radius 3 is 1.02 bits per heavy atom. The molecule has 2 saturated heterocycles. The third-order valence-electron chi connectivity index (χ3n) is 13.4. The van der Waals surface area contributed by atoms with Gasteiger partial charge in [-0.15, -0.1) is 0 Å². The molecule has 0 bridgehead atoms. The molecule has 2 N–H and O–H groups in total. The van der Waals surface area contributed by atoms with Crippen molar-refractivity contribution in [2.24, 2.45) is 5.41 Å². The molecule has 348 valence electrons. The molecule has 63 heavy (non-hydrogen) atoms. The number of carbonyl (C=O) groups excluding carboxylic acids is 4. The van der Waals surface area contributed by atoms with Gasteiger partial charge < -0.3 is 29.5 Å². The molecule has 0 aromatic heterocycles. The van der Waals surface area contributed by atoms with E-state index in [1.807, 2.05) is 135 Å². The van der Waals surface area contributed by atoms with Crippen LogP contribution in [-0.4, -0.2) is 78.1 Å². The number of phenolic OH excluding ortho intramolecular Hbond substituents is 2. The fourth-order valence-electron chi connectivity index (χ4n) is 11.0. The van der Waals surface area contributed by atoms with Crippen LogP contribution in [0.2, 0.25) is 0 Å². The highest BCUT2D eigenvalue weighted by Crippen LogP contribution is 2.46. The van der Waals surface area contributed by atoms with Gasteiger partial charge in [-0.1, -0.05) is 92.8 Å². The number of ether oxygens (including phenoxy) is 2. The van der Waals surface area contributed by atoms with Gasteiger partial charge in [0, 0.05) is 47.8 Å². The van der Waals surface area contributed by atoms with E-state index in [1.54, 1.807) is 9.80 Å². The smallest absolute Gasteiger partial charge is 0.324 e. The lowest BCUT2D eigenvalue weighted by atomic mass is 9.73. The Labute approximate surface area is 378 Å². The van der Waals surface area contributed by atoms with Gasteiger partial charge in [-0.25, -0.2) is 0 Å². The molecular formula is C53H78N2O8. The summed E-state index contributed by atoms with van der Waals surface area (Å²) in [6.07, 6.45) is 2.29. The SMILES string of the molecule is C=CC(=O)N1C(C)(C)CC(OC(=O)C(Cc2cc(C(C)C)c(O)c(C(C)C)c2)(Cc2cc(C(C)C)c(O)c(C(C)C)c2)C(=O)OC2CC(C)(C)N(C(=O)C=C)C(C)(C)C2)CC1(C)C. The normalized spacial score (nSPS) is 18.8. The van der Waals surface area contributed by atoms with Crippen molar-refractivity contribution in [2.45, 2.75) is 207 Å². The van der Waals surface area contributed by atoms with Crippen LogP contribution in [0, 0.1) is 5.41 Å². The highest BCUT2D eigenvalue weighted by molar-refractivity contribution is 6.01. The molecule has 2 aromatic carbocycles. The zero-order chi connectivity index (χ0) is 47.9. The first-order valence-electron chi connectivity index (χ1n) is 22.9. The number of phenols is 2. The van der Waals surface area contributed by atoms with Crippen LogP contribution < -0.4 is 0 Å². The summed E-state index contributed by atoms with van der Waals surface area (Å²) in [6.45, 7) is 39.0. The van der Waals surface area contributed by atoms with Crippen LogP contribution in [0.3, 0.4) is 0 Å². The quantitative estimate of drug-likeness (QED) is 0.109. The van der Waals surface area contributed by atoms with Crippen LogP contribution in [0.15, 0.2) is 49.6 Å². The zero-order valence-electron chi connectivity index (χ0n) is 41.3. The van der Waals surface area contributed by atoms with Gasteiger partial charge in [-0.05, 0) is 137 Å². The second-order valence-corrected chi connectivity index (χ2v) is 22.2. The predicted octanol–water partition coefficient (Wildman–Crippen LogP) is 10.9. The van der Waals surface area contributed by atoms with E-state index in [4.69, 9.17) is 9.47 Å². The average Bonchev–Trinajstić information content (AvgIpc) is 3.12. The minimum atomic E-state index is -1.97. The van der Waals surface area contributed by atoms with Crippen LogP contribution >= 0.6 is 0 Å². The van der Waals surface area contributed by atoms with E-state index >= 15 is 9.59 Å². The summed E-state index contributed by atoms with van der Waals surface area (Å²) < 4.78 is 13.4. The van der Waals surface area contributed by atoms with Gasteiger partial charge in [0.15, 0.2) is 5.41 Å². The second-order valence-electron chi connectivity index (χ2n) is 22.2. The Hall–Kier alpha value is -4.60. The first-order valence-corrected chi connectivity index (χ1v) is 22.9. The number of amides is 2. The van der Waals surface area contributed by atoms with Gasteiger partial charge in [0.1, 0.15) is 23.7 Å². The fourth-order valence-corrected chi connectivity index (χ4v) is 11.0. The van der Waals surface area contributed by atoms with Crippen molar-refractivity contribution in [2.75, 3.05) is 0 Å². The molecule has 2 fully saturated rings. The molecule has 0 radical (unpaired) electrons. The molecule has 2 heterocycles. The molecule has 10 heteroatoms. The van der Waals surface area contributed by atoms with Crippen LogP contribution in [0.25, 0.3) is 0 Å². The first-order chi connectivity index (χ1) is 28.8. The average molecular weight is 871 g/mol. The number of hydrogen-bond acceptors (Lipinski definition) is 8. The monoisotopic (exact) mass is 871 g/mol. The van der Waals surface area contributed by atoms with Gasteiger partial charge in [0.25, 0.3) is 0 Å². The van der Waals surface area contributed by atoms with E-state index in [0.717, 1.165) is 0 Å².